The van der Waals surface area contributed by atoms with Crippen LogP contribution in [0.1, 0.15) is 46.5 Å². The van der Waals surface area contributed by atoms with Crippen LogP contribution in [0.2, 0.25) is 0 Å². The molecule has 1 amide bonds. The Kier molecular flexibility index (Phi) is 7.48. The summed E-state index contributed by atoms with van der Waals surface area (Å²) in [5.41, 5.74) is 5.78. The van der Waals surface area contributed by atoms with E-state index >= 15 is 0 Å². The maximum atomic E-state index is 11.8. The van der Waals surface area contributed by atoms with E-state index in [0.717, 1.165) is 38.8 Å². The molecule has 0 aliphatic rings. The van der Waals surface area contributed by atoms with Gasteiger partial charge in [0.25, 0.3) is 0 Å². The van der Waals surface area contributed by atoms with Crippen LogP contribution in [-0.2, 0) is 4.79 Å². The fraction of sp³-hybridized carbons (Fsp3) is 0.909. The summed E-state index contributed by atoms with van der Waals surface area (Å²) in [7, 11) is 0. The maximum absolute atomic E-state index is 11.8. The zero-order valence-electron chi connectivity index (χ0n) is 9.75. The minimum atomic E-state index is -0.295. The van der Waals surface area contributed by atoms with E-state index in [1.807, 2.05) is 11.8 Å². The average Bonchev–Trinajstić information content (AvgIpc) is 2.19. The Morgan fingerprint density at radius 3 is 2.36 bits per heavy atom. The van der Waals surface area contributed by atoms with Gasteiger partial charge in [0, 0.05) is 13.1 Å². The highest BCUT2D eigenvalue weighted by molar-refractivity contribution is 5.81. The first-order valence-corrected chi connectivity index (χ1v) is 5.71. The zero-order valence-corrected chi connectivity index (χ0v) is 9.75. The molecule has 0 heterocycles. The van der Waals surface area contributed by atoms with Crippen LogP contribution in [0.25, 0.3) is 0 Å². The Labute approximate surface area is 87.6 Å². The molecular formula is C11H24N2O. The number of likely N-dealkylation sites (N-methyl/N-ethyl adjacent to an activating group) is 1. The second-order valence-corrected chi connectivity index (χ2v) is 3.67. The lowest BCUT2D eigenvalue weighted by atomic mass is 10.1. The van der Waals surface area contributed by atoms with Gasteiger partial charge in [0.1, 0.15) is 0 Å². The summed E-state index contributed by atoms with van der Waals surface area (Å²) < 4.78 is 0. The molecule has 0 aromatic heterocycles. The van der Waals surface area contributed by atoms with Crippen molar-refractivity contribution in [1.29, 1.82) is 0 Å². The van der Waals surface area contributed by atoms with Crippen LogP contribution < -0.4 is 5.73 Å². The number of hydrogen-bond acceptors (Lipinski definition) is 2. The van der Waals surface area contributed by atoms with Crippen molar-refractivity contribution < 1.29 is 4.79 Å². The molecule has 3 heteroatoms. The smallest absolute Gasteiger partial charge is 0.239 e. The van der Waals surface area contributed by atoms with E-state index in [2.05, 4.69) is 13.8 Å². The fourth-order valence-corrected chi connectivity index (χ4v) is 1.44. The van der Waals surface area contributed by atoms with Crippen molar-refractivity contribution in [3.63, 3.8) is 0 Å². The number of amides is 1. The Morgan fingerprint density at radius 1 is 1.29 bits per heavy atom. The van der Waals surface area contributed by atoms with Gasteiger partial charge in [0.15, 0.2) is 0 Å². The lowest BCUT2D eigenvalue weighted by molar-refractivity contribution is -0.132. The third-order valence-electron chi connectivity index (χ3n) is 2.39. The molecule has 84 valence electrons. The van der Waals surface area contributed by atoms with E-state index in [9.17, 15) is 4.79 Å². The minimum Gasteiger partial charge on any atom is -0.342 e. The average molecular weight is 200 g/mol. The van der Waals surface area contributed by atoms with Crippen molar-refractivity contribution in [3.8, 4) is 0 Å². The SMILES string of the molecule is CCCCN(CC)C(=O)[C@@H](N)CCC. The van der Waals surface area contributed by atoms with Gasteiger partial charge in [-0.3, -0.25) is 4.79 Å². The van der Waals surface area contributed by atoms with E-state index in [-0.39, 0.29) is 11.9 Å². The van der Waals surface area contributed by atoms with E-state index in [1.165, 1.54) is 0 Å². The molecule has 0 rings (SSSR count). The summed E-state index contributed by atoms with van der Waals surface area (Å²) in [5.74, 6) is 0.114. The zero-order chi connectivity index (χ0) is 11.0. The topological polar surface area (TPSA) is 46.3 Å². The molecule has 0 aromatic rings. The molecule has 3 nitrogen and oxygen atoms in total. The van der Waals surface area contributed by atoms with Crippen molar-refractivity contribution in [3.05, 3.63) is 0 Å². The lowest BCUT2D eigenvalue weighted by Gasteiger charge is -2.23. The van der Waals surface area contributed by atoms with E-state index in [4.69, 9.17) is 5.73 Å². The standard InChI is InChI=1S/C11H24N2O/c1-4-7-9-13(6-3)11(14)10(12)8-5-2/h10H,4-9,12H2,1-3H3/t10-/m0/s1. The first-order valence-electron chi connectivity index (χ1n) is 5.71. The first kappa shape index (κ1) is 13.4. The van der Waals surface area contributed by atoms with Gasteiger partial charge in [-0.2, -0.15) is 0 Å². The van der Waals surface area contributed by atoms with Crippen LogP contribution >= 0.6 is 0 Å². The van der Waals surface area contributed by atoms with Crippen LogP contribution in [0.5, 0.6) is 0 Å². The normalized spacial score (nSPS) is 12.6. The van der Waals surface area contributed by atoms with Gasteiger partial charge in [-0.25, -0.2) is 0 Å². The molecule has 1 atom stereocenters. The summed E-state index contributed by atoms with van der Waals surface area (Å²) >= 11 is 0. The van der Waals surface area contributed by atoms with Crippen LogP contribution in [0.4, 0.5) is 0 Å². The number of carbonyl (C=O) groups excluding carboxylic acids is 1. The largest absolute Gasteiger partial charge is 0.342 e. The van der Waals surface area contributed by atoms with Gasteiger partial charge < -0.3 is 10.6 Å². The summed E-state index contributed by atoms with van der Waals surface area (Å²) in [6.45, 7) is 7.81. The highest BCUT2D eigenvalue weighted by Crippen LogP contribution is 2.02. The number of rotatable bonds is 7. The number of unbranched alkanes of at least 4 members (excludes halogenated alkanes) is 1. The van der Waals surface area contributed by atoms with Crippen LogP contribution in [0.3, 0.4) is 0 Å². The Hall–Kier alpha value is -0.570. The van der Waals surface area contributed by atoms with Crippen LogP contribution in [0, 0.1) is 0 Å². The van der Waals surface area contributed by atoms with Gasteiger partial charge in [0.2, 0.25) is 5.91 Å². The van der Waals surface area contributed by atoms with Gasteiger partial charge >= 0.3 is 0 Å². The van der Waals surface area contributed by atoms with Gasteiger partial charge in [-0.05, 0) is 19.8 Å². The molecule has 0 aliphatic heterocycles. The first-order chi connectivity index (χ1) is 6.67. The Morgan fingerprint density at radius 2 is 1.93 bits per heavy atom. The minimum absolute atomic E-state index is 0.114. The van der Waals surface area contributed by atoms with Crippen molar-refractivity contribution in [2.45, 2.75) is 52.5 Å². The molecule has 0 bridgehead atoms. The summed E-state index contributed by atoms with van der Waals surface area (Å²) in [4.78, 5) is 13.6. The van der Waals surface area contributed by atoms with E-state index in [1.54, 1.807) is 0 Å². The predicted octanol–water partition coefficient (Wildman–Crippen LogP) is 1.76. The molecule has 0 aromatic carbocycles. The number of hydrogen-bond donors (Lipinski definition) is 1. The monoisotopic (exact) mass is 200 g/mol. The maximum Gasteiger partial charge on any atom is 0.239 e. The highest BCUT2D eigenvalue weighted by Gasteiger charge is 2.17. The second kappa shape index (κ2) is 7.80. The summed E-state index contributed by atoms with van der Waals surface area (Å²) in [6, 6.07) is -0.295. The van der Waals surface area contributed by atoms with Crippen molar-refractivity contribution in [2.24, 2.45) is 5.73 Å². The molecular weight excluding hydrogens is 176 g/mol. The van der Waals surface area contributed by atoms with Crippen LogP contribution in [-0.4, -0.2) is 29.9 Å². The quantitative estimate of drug-likeness (QED) is 0.680. The Balaban J connectivity index is 4.01. The fourth-order valence-electron chi connectivity index (χ4n) is 1.44. The molecule has 14 heavy (non-hydrogen) atoms. The molecule has 0 saturated heterocycles. The van der Waals surface area contributed by atoms with Gasteiger partial charge in [0.05, 0.1) is 6.04 Å². The third-order valence-corrected chi connectivity index (χ3v) is 2.39. The third kappa shape index (κ3) is 4.61. The molecule has 0 spiro atoms. The van der Waals surface area contributed by atoms with Crippen molar-refractivity contribution >= 4 is 5.91 Å². The van der Waals surface area contributed by atoms with Crippen LogP contribution in [0.15, 0.2) is 0 Å². The van der Waals surface area contributed by atoms with E-state index in [0.29, 0.717) is 0 Å². The predicted molar refractivity (Wildman–Crippen MR) is 60.0 cm³/mol. The van der Waals surface area contributed by atoms with Gasteiger partial charge in [-0.15, -0.1) is 0 Å². The molecule has 0 saturated carbocycles. The Bertz CT molecular complexity index is 159. The second-order valence-electron chi connectivity index (χ2n) is 3.67. The van der Waals surface area contributed by atoms with Gasteiger partial charge in [-0.1, -0.05) is 26.7 Å². The molecule has 0 radical (unpaired) electrons. The number of nitrogens with zero attached hydrogens (tertiary/aromatic N) is 1. The molecule has 2 N–H and O–H groups in total. The molecule has 0 unspecified atom stereocenters. The van der Waals surface area contributed by atoms with Crippen molar-refractivity contribution in [2.75, 3.05) is 13.1 Å². The lowest BCUT2D eigenvalue weighted by Crippen LogP contribution is -2.44. The van der Waals surface area contributed by atoms with Crippen molar-refractivity contribution in [1.82, 2.24) is 4.90 Å². The number of carbonyl (C=O) groups is 1. The highest BCUT2D eigenvalue weighted by atomic mass is 16.2. The molecule has 0 aliphatic carbocycles. The summed E-state index contributed by atoms with van der Waals surface area (Å²) in [5, 5.41) is 0. The molecule has 0 fully saturated rings. The van der Waals surface area contributed by atoms with E-state index < -0.39 is 0 Å². The number of nitrogens with two attached hydrogens (primary N) is 1. The summed E-state index contributed by atoms with van der Waals surface area (Å²) in [6.07, 6.45) is 3.95.